The summed E-state index contributed by atoms with van der Waals surface area (Å²) in [5.74, 6) is -0.173. The van der Waals surface area contributed by atoms with E-state index in [2.05, 4.69) is 0 Å². The van der Waals surface area contributed by atoms with E-state index < -0.39 is 5.82 Å². The quantitative estimate of drug-likeness (QED) is 0.802. The second kappa shape index (κ2) is 5.06. The third-order valence-electron chi connectivity index (χ3n) is 4.67. The molecule has 1 aromatic carbocycles. The number of anilines is 1. The highest BCUT2D eigenvalue weighted by Crippen LogP contribution is 2.45. The van der Waals surface area contributed by atoms with Crippen LogP contribution in [0, 0.1) is 11.2 Å². The van der Waals surface area contributed by atoms with Crippen molar-refractivity contribution < 1.29 is 18.8 Å². The highest BCUT2D eigenvalue weighted by atomic mass is 19.1. The summed E-state index contributed by atoms with van der Waals surface area (Å²) < 4.78 is 14.1. The molecule has 1 aromatic rings. The van der Waals surface area contributed by atoms with Crippen LogP contribution in [-0.4, -0.2) is 31.4 Å². The average Bonchev–Trinajstić information content (AvgIpc) is 2.46. The van der Waals surface area contributed by atoms with Crippen molar-refractivity contribution in [3.8, 4) is 0 Å². The number of nitrogens with zero attached hydrogens (tertiary/aromatic N) is 1. The summed E-state index contributed by atoms with van der Waals surface area (Å²) in [7, 11) is 0. The van der Waals surface area contributed by atoms with Crippen LogP contribution in [-0.2, 0) is 4.79 Å². The number of aldehydes is 2. The van der Waals surface area contributed by atoms with Crippen molar-refractivity contribution in [2.45, 2.75) is 25.7 Å². The highest BCUT2D eigenvalue weighted by molar-refractivity contribution is 5.91. The zero-order chi connectivity index (χ0) is 15.0. The molecule has 0 aromatic heterocycles. The van der Waals surface area contributed by atoms with Gasteiger partial charge in [0.05, 0.1) is 5.69 Å². The third kappa shape index (κ3) is 2.37. The van der Waals surface area contributed by atoms with E-state index in [1.165, 1.54) is 6.07 Å². The molecule has 4 nitrogen and oxygen atoms in total. The van der Waals surface area contributed by atoms with E-state index in [9.17, 15) is 18.8 Å². The molecular formula is C16H16FNO3. The summed E-state index contributed by atoms with van der Waals surface area (Å²) >= 11 is 0. The predicted molar refractivity (Wildman–Crippen MR) is 75.3 cm³/mol. The van der Waals surface area contributed by atoms with Crippen molar-refractivity contribution in [2.75, 3.05) is 18.0 Å². The van der Waals surface area contributed by atoms with Gasteiger partial charge in [0.25, 0.3) is 0 Å². The number of Topliss-reactive ketones (excluding diaryl/α,β-unsaturated/α-hetero) is 1. The minimum absolute atomic E-state index is 0.0738. The fourth-order valence-electron chi connectivity index (χ4n) is 3.35. The highest BCUT2D eigenvalue weighted by Gasteiger charge is 2.45. The molecule has 21 heavy (non-hydrogen) atoms. The Bertz CT molecular complexity index is 608. The largest absolute Gasteiger partial charge is 0.368 e. The molecule has 0 amide bonds. The Kier molecular flexibility index (Phi) is 3.35. The number of ketones is 1. The molecule has 3 rings (SSSR count). The van der Waals surface area contributed by atoms with E-state index in [1.807, 2.05) is 4.90 Å². The van der Waals surface area contributed by atoms with Gasteiger partial charge in [-0.05, 0) is 25.0 Å². The minimum atomic E-state index is -0.482. The minimum Gasteiger partial charge on any atom is -0.368 e. The van der Waals surface area contributed by atoms with Crippen LogP contribution in [0.3, 0.4) is 0 Å². The standard InChI is InChI=1S/C16H16FNO3/c17-14-5-11(7-19)12(8-20)6-15(14)18-9-16(10-18)3-1-13(21)2-4-16/h5-8H,1-4,9-10H2. The Morgan fingerprint density at radius 1 is 1.05 bits per heavy atom. The first-order valence-corrected chi connectivity index (χ1v) is 7.07. The van der Waals surface area contributed by atoms with Crippen LogP contribution in [0.15, 0.2) is 12.1 Å². The normalized spacial score (nSPS) is 20.2. The lowest BCUT2D eigenvalue weighted by atomic mass is 9.68. The van der Waals surface area contributed by atoms with Gasteiger partial charge in [0.15, 0.2) is 12.6 Å². The van der Waals surface area contributed by atoms with Crippen molar-refractivity contribution in [1.29, 1.82) is 0 Å². The molecule has 0 N–H and O–H groups in total. The second-order valence-electron chi connectivity index (χ2n) is 6.06. The van der Waals surface area contributed by atoms with Crippen LogP contribution in [0.5, 0.6) is 0 Å². The first-order chi connectivity index (χ1) is 10.1. The molecule has 2 fully saturated rings. The summed E-state index contributed by atoms with van der Waals surface area (Å²) in [4.78, 5) is 35.0. The zero-order valence-electron chi connectivity index (χ0n) is 11.6. The number of carbonyl (C=O) groups excluding carboxylic acids is 3. The number of halogens is 1. The van der Waals surface area contributed by atoms with Gasteiger partial charge in [-0.2, -0.15) is 0 Å². The number of benzene rings is 1. The van der Waals surface area contributed by atoms with Crippen LogP contribution in [0.1, 0.15) is 46.4 Å². The molecule has 1 heterocycles. The van der Waals surface area contributed by atoms with Gasteiger partial charge in [0.1, 0.15) is 11.6 Å². The Morgan fingerprint density at radius 3 is 2.19 bits per heavy atom. The van der Waals surface area contributed by atoms with E-state index in [1.54, 1.807) is 0 Å². The first kappa shape index (κ1) is 13.9. The molecule has 1 aliphatic heterocycles. The van der Waals surface area contributed by atoms with Gasteiger partial charge < -0.3 is 4.90 Å². The summed E-state index contributed by atoms with van der Waals surface area (Å²) in [6.07, 6.45) is 4.00. The Hall–Kier alpha value is -2.04. The van der Waals surface area contributed by atoms with Gasteiger partial charge in [0, 0.05) is 42.5 Å². The molecule has 0 radical (unpaired) electrons. The molecule has 1 aliphatic carbocycles. The zero-order valence-corrected chi connectivity index (χ0v) is 11.6. The van der Waals surface area contributed by atoms with Crippen LogP contribution in [0.25, 0.3) is 0 Å². The number of hydrogen-bond acceptors (Lipinski definition) is 4. The molecule has 2 aliphatic rings. The van der Waals surface area contributed by atoms with Crippen molar-refractivity contribution in [1.82, 2.24) is 0 Å². The van der Waals surface area contributed by atoms with E-state index >= 15 is 0 Å². The molecule has 0 unspecified atom stereocenters. The van der Waals surface area contributed by atoms with Crippen LogP contribution in [0.2, 0.25) is 0 Å². The van der Waals surface area contributed by atoms with E-state index in [0.29, 0.717) is 50.0 Å². The maximum atomic E-state index is 14.1. The van der Waals surface area contributed by atoms with Gasteiger partial charge in [-0.1, -0.05) is 0 Å². The topological polar surface area (TPSA) is 54.5 Å². The lowest BCUT2D eigenvalue weighted by Crippen LogP contribution is -2.58. The second-order valence-corrected chi connectivity index (χ2v) is 6.06. The monoisotopic (exact) mass is 289 g/mol. The van der Waals surface area contributed by atoms with E-state index in [-0.39, 0.29) is 16.5 Å². The number of hydrogen-bond donors (Lipinski definition) is 0. The summed E-state index contributed by atoms with van der Waals surface area (Å²) in [5, 5.41) is 0. The van der Waals surface area contributed by atoms with Gasteiger partial charge in [0.2, 0.25) is 0 Å². The summed E-state index contributed by atoms with van der Waals surface area (Å²) in [6.45, 7) is 1.41. The third-order valence-corrected chi connectivity index (χ3v) is 4.67. The number of rotatable bonds is 3. The Morgan fingerprint density at radius 2 is 1.62 bits per heavy atom. The average molecular weight is 289 g/mol. The molecule has 1 saturated carbocycles. The summed E-state index contributed by atoms with van der Waals surface area (Å²) in [5.41, 5.74) is 0.765. The Labute approximate surface area is 121 Å². The van der Waals surface area contributed by atoms with Crippen molar-refractivity contribution in [3.63, 3.8) is 0 Å². The first-order valence-electron chi connectivity index (χ1n) is 7.07. The number of carbonyl (C=O) groups is 3. The molecule has 5 heteroatoms. The van der Waals surface area contributed by atoms with Gasteiger partial charge in [-0.15, -0.1) is 0 Å². The van der Waals surface area contributed by atoms with Gasteiger partial charge >= 0.3 is 0 Å². The molecule has 1 saturated heterocycles. The molecular weight excluding hydrogens is 273 g/mol. The van der Waals surface area contributed by atoms with Crippen molar-refractivity contribution in [3.05, 3.63) is 29.1 Å². The maximum Gasteiger partial charge on any atom is 0.150 e. The van der Waals surface area contributed by atoms with Crippen LogP contribution < -0.4 is 4.90 Å². The SMILES string of the molecule is O=Cc1cc(F)c(N2CC3(CCC(=O)CC3)C2)cc1C=O. The fourth-order valence-corrected chi connectivity index (χ4v) is 3.35. The fraction of sp³-hybridized carbons (Fsp3) is 0.438. The lowest BCUT2D eigenvalue weighted by molar-refractivity contribution is -0.122. The molecule has 0 bridgehead atoms. The van der Waals surface area contributed by atoms with Crippen molar-refractivity contribution in [2.24, 2.45) is 5.41 Å². The van der Waals surface area contributed by atoms with Crippen LogP contribution >= 0.6 is 0 Å². The smallest absolute Gasteiger partial charge is 0.150 e. The lowest BCUT2D eigenvalue weighted by Gasteiger charge is -2.53. The van der Waals surface area contributed by atoms with E-state index in [0.717, 1.165) is 18.9 Å². The van der Waals surface area contributed by atoms with Gasteiger partial charge in [-0.25, -0.2) is 4.39 Å². The van der Waals surface area contributed by atoms with Crippen LogP contribution in [0.4, 0.5) is 10.1 Å². The van der Waals surface area contributed by atoms with E-state index in [4.69, 9.17) is 0 Å². The summed E-state index contributed by atoms with van der Waals surface area (Å²) in [6, 6.07) is 2.55. The molecule has 0 atom stereocenters. The van der Waals surface area contributed by atoms with Gasteiger partial charge in [-0.3, -0.25) is 14.4 Å². The van der Waals surface area contributed by atoms with Crippen molar-refractivity contribution >= 4 is 24.0 Å². The maximum absolute atomic E-state index is 14.1. The molecule has 1 spiro atoms. The predicted octanol–water partition coefficient (Wildman–Crippen LogP) is 2.40. The molecule has 110 valence electrons. The Balaban J connectivity index is 1.79.